The van der Waals surface area contributed by atoms with Gasteiger partial charge in [-0.2, -0.15) is 0 Å². The highest BCUT2D eigenvalue weighted by atomic mass is 79.9. The summed E-state index contributed by atoms with van der Waals surface area (Å²) in [6.07, 6.45) is 0. The number of halogens is 1. The Balaban J connectivity index is 3.03. The number of alkyl halides is 1. The molecule has 0 aliphatic carbocycles. The van der Waals surface area contributed by atoms with E-state index >= 15 is 0 Å². The molecule has 0 aliphatic heterocycles. The van der Waals surface area contributed by atoms with Gasteiger partial charge in [-0.3, -0.25) is 0 Å². The maximum Gasteiger partial charge on any atom is 0.122 e. The first-order valence-electron chi connectivity index (χ1n) is 5.89. The molecule has 1 aromatic rings. The van der Waals surface area contributed by atoms with Gasteiger partial charge in [-0.25, -0.2) is 0 Å². The molecular weight excluding hydrogens is 264 g/mol. The fourth-order valence-electron chi connectivity index (χ4n) is 1.75. The fourth-order valence-corrected chi connectivity index (χ4v) is 2.31. The van der Waals surface area contributed by atoms with Crippen LogP contribution in [0.5, 0.6) is 5.75 Å². The van der Waals surface area contributed by atoms with Crippen molar-refractivity contribution in [1.29, 1.82) is 0 Å². The molecule has 90 valence electrons. The normalized spacial score (nSPS) is 14.6. The minimum Gasteiger partial charge on any atom is -0.494 e. The summed E-state index contributed by atoms with van der Waals surface area (Å²) in [7, 11) is 0. The lowest BCUT2D eigenvalue weighted by Crippen LogP contribution is -2.09. The summed E-state index contributed by atoms with van der Waals surface area (Å²) in [5, 5.41) is 1.02. The third-order valence-electron chi connectivity index (χ3n) is 3.05. The van der Waals surface area contributed by atoms with E-state index in [4.69, 9.17) is 4.74 Å². The first kappa shape index (κ1) is 13.6. The number of hydrogen-bond acceptors (Lipinski definition) is 1. The monoisotopic (exact) mass is 284 g/mol. The lowest BCUT2D eigenvalue weighted by atomic mass is 9.89. The third-order valence-corrected chi connectivity index (χ3v) is 4.07. The van der Waals surface area contributed by atoms with E-state index in [0.717, 1.165) is 17.7 Å². The molecule has 1 aromatic carbocycles. The van der Waals surface area contributed by atoms with E-state index in [1.165, 1.54) is 11.1 Å². The molecule has 0 saturated carbocycles. The smallest absolute Gasteiger partial charge is 0.122 e. The number of benzene rings is 1. The summed E-state index contributed by atoms with van der Waals surface area (Å²) in [5.41, 5.74) is 2.63. The minimum atomic E-state index is 0.515. The molecule has 0 saturated heterocycles. The predicted molar refractivity (Wildman–Crippen MR) is 73.7 cm³/mol. The molecule has 0 aromatic heterocycles. The van der Waals surface area contributed by atoms with Crippen LogP contribution >= 0.6 is 15.9 Å². The average Bonchev–Trinajstić information content (AvgIpc) is 2.29. The zero-order chi connectivity index (χ0) is 12.1. The molecule has 2 heteroatoms. The maximum absolute atomic E-state index is 5.69. The highest BCUT2D eigenvalue weighted by Gasteiger charge is 2.17. The standard InChI is InChI=1S/C14H21BrO/c1-5-16-14-7-6-10(2)8-13(14)12(4)11(3)9-15/h6-8,11-12H,5,9H2,1-4H3. The van der Waals surface area contributed by atoms with Gasteiger partial charge in [0.05, 0.1) is 6.61 Å². The molecule has 0 amide bonds. The van der Waals surface area contributed by atoms with Crippen LogP contribution in [0.4, 0.5) is 0 Å². The maximum atomic E-state index is 5.69. The van der Waals surface area contributed by atoms with Gasteiger partial charge < -0.3 is 4.74 Å². The van der Waals surface area contributed by atoms with E-state index in [2.05, 4.69) is 54.9 Å². The molecule has 0 aliphatic rings. The van der Waals surface area contributed by atoms with Crippen molar-refractivity contribution in [2.45, 2.75) is 33.6 Å². The molecule has 1 rings (SSSR count). The lowest BCUT2D eigenvalue weighted by Gasteiger charge is -2.21. The van der Waals surface area contributed by atoms with Gasteiger partial charge in [-0.15, -0.1) is 0 Å². The summed E-state index contributed by atoms with van der Waals surface area (Å²) in [6.45, 7) is 9.42. The van der Waals surface area contributed by atoms with E-state index in [9.17, 15) is 0 Å². The number of ether oxygens (including phenoxy) is 1. The van der Waals surface area contributed by atoms with E-state index in [1.54, 1.807) is 0 Å². The van der Waals surface area contributed by atoms with Crippen LogP contribution in [-0.2, 0) is 0 Å². The van der Waals surface area contributed by atoms with Gasteiger partial charge >= 0.3 is 0 Å². The predicted octanol–water partition coefficient (Wildman–Crippen LogP) is 4.53. The highest BCUT2D eigenvalue weighted by molar-refractivity contribution is 9.09. The summed E-state index contributed by atoms with van der Waals surface area (Å²) < 4.78 is 5.69. The SMILES string of the molecule is CCOc1ccc(C)cc1C(C)C(C)CBr. The lowest BCUT2D eigenvalue weighted by molar-refractivity contribution is 0.331. The van der Waals surface area contributed by atoms with Gasteiger partial charge in [0.15, 0.2) is 0 Å². The van der Waals surface area contributed by atoms with Crippen LogP contribution in [0.25, 0.3) is 0 Å². The Morgan fingerprint density at radius 3 is 2.56 bits per heavy atom. The molecule has 2 atom stereocenters. The molecule has 16 heavy (non-hydrogen) atoms. The summed E-state index contributed by atoms with van der Waals surface area (Å²) >= 11 is 3.55. The van der Waals surface area contributed by atoms with Gasteiger partial charge in [-0.1, -0.05) is 47.5 Å². The van der Waals surface area contributed by atoms with Crippen LogP contribution in [0.3, 0.4) is 0 Å². The Morgan fingerprint density at radius 2 is 2.00 bits per heavy atom. The molecule has 0 heterocycles. The van der Waals surface area contributed by atoms with Gasteiger partial charge in [-0.05, 0) is 37.3 Å². The van der Waals surface area contributed by atoms with Crippen molar-refractivity contribution in [3.05, 3.63) is 29.3 Å². The number of aryl methyl sites for hydroxylation is 1. The summed E-state index contributed by atoms with van der Waals surface area (Å²) in [4.78, 5) is 0. The molecule has 0 spiro atoms. The third kappa shape index (κ3) is 3.24. The first-order valence-corrected chi connectivity index (χ1v) is 7.01. The van der Waals surface area contributed by atoms with Gasteiger partial charge in [0.25, 0.3) is 0 Å². The van der Waals surface area contributed by atoms with Crippen LogP contribution in [-0.4, -0.2) is 11.9 Å². The molecular formula is C14H21BrO. The summed E-state index contributed by atoms with van der Waals surface area (Å²) in [5.74, 6) is 2.16. The zero-order valence-electron chi connectivity index (χ0n) is 10.6. The van der Waals surface area contributed by atoms with Gasteiger partial charge in [0.1, 0.15) is 5.75 Å². The van der Waals surface area contributed by atoms with Crippen LogP contribution in [0, 0.1) is 12.8 Å². The van der Waals surface area contributed by atoms with E-state index in [1.807, 2.05) is 6.92 Å². The Kier molecular flexibility index (Phi) is 5.33. The van der Waals surface area contributed by atoms with E-state index in [-0.39, 0.29) is 0 Å². The second-order valence-corrected chi connectivity index (χ2v) is 5.04. The Labute approximate surface area is 107 Å². The second-order valence-electron chi connectivity index (χ2n) is 4.39. The van der Waals surface area contributed by atoms with Crippen LogP contribution in [0.1, 0.15) is 37.8 Å². The van der Waals surface area contributed by atoms with E-state index in [0.29, 0.717) is 11.8 Å². The Bertz CT molecular complexity index is 336. The average molecular weight is 285 g/mol. The topological polar surface area (TPSA) is 9.23 Å². The minimum absolute atomic E-state index is 0.515. The van der Waals surface area contributed by atoms with E-state index < -0.39 is 0 Å². The van der Waals surface area contributed by atoms with Crippen LogP contribution in [0.2, 0.25) is 0 Å². The fraction of sp³-hybridized carbons (Fsp3) is 0.571. The molecule has 2 unspecified atom stereocenters. The van der Waals surface area contributed by atoms with Crippen LogP contribution < -0.4 is 4.74 Å². The molecule has 1 nitrogen and oxygen atoms in total. The molecule has 0 radical (unpaired) electrons. The largest absolute Gasteiger partial charge is 0.494 e. The van der Waals surface area contributed by atoms with Crippen LogP contribution in [0.15, 0.2) is 18.2 Å². The summed E-state index contributed by atoms with van der Waals surface area (Å²) in [6, 6.07) is 6.44. The van der Waals surface area contributed by atoms with Crippen molar-refractivity contribution >= 4 is 15.9 Å². The van der Waals surface area contributed by atoms with Crippen molar-refractivity contribution < 1.29 is 4.74 Å². The Morgan fingerprint density at radius 1 is 1.31 bits per heavy atom. The quantitative estimate of drug-likeness (QED) is 0.722. The molecule has 0 bridgehead atoms. The number of rotatable bonds is 5. The zero-order valence-corrected chi connectivity index (χ0v) is 12.2. The Hall–Kier alpha value is -0.500. The van der Waals surface area contributed by atoms with Gasteiger partial charge in [0, 0.05) is 5.33 Å². The van der Waals surface area contributed by atoms with Gasteiger partial charge in [0.2, 0.25) is 0 Å². The van der Waals surface area contributed by atoms with Crippen molar-refractivity contribution in [2.24, 2.45) is 5.92 Å². The molecule has 0 N–H and O–H groups in total. The van der Waals surface area contributed by atoms with Crippen molar-refractivity contribution in [1.82, 2.24) is 0 Å². The van der Waals surface area contributed by atoms with Crippen molar-refractivity contribution in [3.8, 4) is 5.75 Å². The van der Waals surface area contributed by atoms with Crippen molar-refractivity contribution in [3.63, 3.8) is 0 Å². The number of hydrogen-bond donors (Lipinski definition) is 0. The molecule has 0 fully saturated rings. The van der Waals surface area contributed by atoms with Crippen molar-refractivity contribution in [2.75, 3.05) is 11.9 Å². The second kappa shape index (κ2) is 6.29. The first-order chi connectivity index (χ1) is 7.60. The highest BCUT2D eigenvalue weighted by Crippen LogP contribution is 2.33.